The van der Waals surface area contributed by atoms with E-state index in [2.05, 4.69) is 31.3 Å². The second kappa shape index (κ2) is 7.23. The fraction of sp³-hybridized carbons (Fsp3) is 0.522. The molecule has 1 aromatic rings. The normalized spacial score (nSPS) is 32.3. The molecule has 4 heteroatoms. The molecule has 2 aliphatic carbocycles. The molecule has 1 aromatic carbocycles. The smallest absolute Gasteiger partial charge is 0.311 e. The van der Waals surface area contributed by atoms with Crippen LogP contribution in [0.2, 0.25) is 0 Å². The van der Waals surface area contributed by atoms with Crippen LogP contribution in [0.25, 0.3) is 0 Å². The predicted molar refractivity (Wildman–Crippen MR) is 104 cm³/mol. The maximum Gasteiger partial charge on any atom is 0.311 e. The van der Waals surface area contributed by atoms with Gasteiger partial charge in [-0.05, 0) is 67.8 Å². The zero-order valence-electron chi connectivity index (χ0n) is 16.1. The van der Waals surface area contributed by atoms with Gasteiger partial charge in [0, 0.05) is 12.5 Å². The Morgan fingerprint density at radius 2 is 2.07 bits per heavy atom. The first-order valence-corrected chi connectivity index (χ1v) is 10.0. The zero-order chi connectivity index (χ0) is 19.0. The number of rotatable bonds is 5. The lowest BCUT2D eigenvalue weighted by Crippen LogP contribution is -2.38. The molecule has 1 heterocycles. The number of fused-ring (bicyclic) bond motifs is 2. The summed E-state index contributed by atoms with van der Waals surface area (Å²) in [6.45, 7) is 5.90. The van der Waals surface area contributed by atoms with Crippen LogP contribution in [0.5, 0.6) is 0 Å². The summed E-state index contributed by atoms with van der Waals surface area (Å²) in [5, 5.41) is 3.41. The minimum atomic E-state index is -0.212. The number of hydrogen-bond donors (Lipinski definition) is 1. The van der Waals surface area contributed by atoms with E-state index in [1.807, 2.05) is 0 Å². The number of hydrogen-bond acceptors (Lipinski definition) is 3. The van der Waals surface area contributed by atoms with Crippen LogP contribution in [0.15, 0.2) is 47.6 Å². The van der Waals surface area contributed by atoms with Gasteiger partial charge >= 0.3 is 5.97 Å². The lowest BCUT2D eigenvalue weighted by molar-refractivity contribution is -0.145. The largest absolute Gasteiger partial charge is 0.461 e. The number of nitrogens with one attached hydrogen (secondary N) is 1. The molecule has 144 valence electrons. The topological polar surface area (TPSA) is 38.3 Å². The lowest BCUT2D eigenvalue weighted by Gasteiger charge is -2.42. The Morgan fingerprint density at radius 3 is 2.85 bits per heavy atom. The number of halogens is 1. The van der Waals surface area contributed by atoms with Crippen molar-refractivity contribution in [2.75, 3.05) is 13.1 Å². The van der Waals surface area contributed by atoms with E-state index < -0.39 is 0 Å². The van der Waals surface area contributed by atoms with E-state index in [0.29, 0.717) is 6.54 Å². The summed E-state index contributed by atoms with van der Waals surface area (Å²) in [5.41, 5.74) is 4.02. The summed E-state index contributed by atoms with van der Waals surface area (Å²) < 4.78 is 18.7. The van der Waals surface area contributed by atoms with Crippen molar-refractivity contribution in [3.63, 3.8) is 0 Å². The van der Waals surface area contributed by atoms with Gasteiger partial charge in [-0.1, -0.05) is 36.8 Å². The number of carbonyl (C=O) groups is 1. The second-order valence-electron chi connectivity index (χ2n) is 8.51. The fourth-order valence-corrected chi connectivity index (χ4v) is 5.00. The molecule has 1 aliphatic heterocycles. The number of benzene rings is 1. The van der Waals surface area contributed by atoms with Crippen LogP contribution in [0.3, 0.4) is 0 Å². The number of ether oxygens (including phenoxy) is 1. The van der Waals surface area contributed by atoms with E-state index in [4.69, 9.17) is 4.74 Å². The third-order valence-electron chi connectivity index (χ3n) is 6.56. The summed E-state index contributed by atoms with van der Waals surface area (Å²) in [7, 11) is 0. The summed E-state index contributed by atoms with van der Waals surface area (Å²) in [4.78, 5) is 12.5. The molecule has 0 bridgehead atoms. The van der Waals surface area contributed by atoms with Crippen molar-refractivity contribution in [1.82, 2.24) is 5.32 Å². The third kappa shape index (κ3) is 3.60. The van der Waals surface area contributed by atoms with Gasteiger partial charge in [0.1, 0.15) is 11.9 Å². The molecule has 0 amide bonds. The van der Waals surface area contributed by atoms with Crippen molar-refractivity contribution < 1.29 is 13.9 Å². The Balaban J connectivity index is 1.40. The maximum atomic E-state index is 13.0. The van der Waals surface area contributed by atoms with Crippen LogP contribution in [-0.4, -0.2) is 25.2 Å². The number of allylic oxidation sites excluding steroid dienone is 3. The van der Waals surface area contributed by atoms with Gasteiger partial charge in [-0.3, -0.25) is 4.79 Å². The minimum absolute atomic E-state index is 0.0149. The molecule has 4 atom stereocenters. The van der Waals surface area contributed by atoms with Crippen molar-refractivity contribution >= 4 is 5.97 Å². The van der Waals surface area contributed by atoms with Crippen LogP contribution in [0, 0.1) is 23.1 Å². The molecule has 27 heavy (non-hydrogen) atoms. The van der Waals surface area contributed by atoms with E-state index in [0.717, 1.165) is 37.8 Å². The Hall–Kier alpha value is -1.94. The van der Waals surface area contributed by atoms with E-state index in [1.54, 1.807) is 12.1 Å². The lowest BCUT2D eigenvalue weighted by atomic mass is 9.62. The standard InChI is InChI=1S/C23H28FNO2/c1-15-4-3-10-23(2)13-21-18(12-20(15)23)19(22(26)27-21)14-25-11-9-16-5-7-17(24)8-6-16/h4-8,12,18-19,21,25H,3,9-11,13-14H2,1-2H3. The van der Waals surface area contributed by atoms with Gasteiger partial charge in [0.2, 0.25) is 0 Å². The van der Waals surface area contributed by atoms with Crippen molar-refractivity contribution in [2.45, 2.75) is 45.6 Å². The van der Waals surface area contributed by atoms with E-state index >= 15 is 0 Å². The van der Waals surface area contributed by atoms with E-state index in [9.17, 15) is 9.18 Å². The molecule has 0 radical (unpaired) electrons. The number of carbonyl (C=O) groups excluding carboxylic acids is 1. The molecule has 3 aliphatic rings. The third-order valence-corrected chi connectivity index (χ3v) is 6.56. The molecule has 1 fully saturated rings. The average Bonchev–Trinajstić information content (AvgIpc) is 2.92. The Morgan fingerprint density at radius 1 is 1.30 bits per heavy atom. The highest BCUT2D eigenvalue weighted by Crippen LogP contribution is 2.52. The van der Waals surface area contributed by atoms with Gasteiger partial charge in [0.05, 0.1) is 5.92 Å². The average molecular weight is 369 g/mol. The highest BCUT2D eigenvalue weighted by molar-refractivity contribution is 5.76. The van der Waals surface area contributed by atoms with E-state index in [1.165, 1.54) is 23.3 Å². The van der Waals surface area contributed by atoms with Gasteiger partial charge in [-0.15, -0.1) is 0 Å². The summed E-state index contributed by atoms with van der Waals surface area (Å²) in [6.07, 6.45) is 8.67. The van der Waals surface area contributed by atoms with Crippen molar-refractivity contribution in [2.24, 2.45) is 17.3 Å². The Labute approximate surface area is 160 Å². The van der Waals surface area contributed by atoms with Crippen LogP contribution < -0.4 is 5.32 Å². The van der Waals surface area contributed by atoms with E-state index in [-0.39, 0.29) is 35.1 Å². The monoisotopic (exact) mass is 369 g/mol. The van der Waals surface area contributed by atoms with Crippen molar-refractivity contribution in [3.05, 3.63) is 58.9 Å². The predicted octanol–water partition coefficient (Wildman–Crippen LogP) is 4.19. The minimum Gasteiger partial charge on any atom is -0.461 e. The molecular weight excluding hydrogens is 341 g/mol. The molecule has 4 unspecified atom stereocenters. The van der Waals surface area contributed by atoms with Gasteiger partial charge in [0.25, 0.3) is 0 Å². The molecule has 0 aromatic heterocycles. The first kappa shape index (κ1) is 18.4. The highest BCUT2D eigenvalue weighted by atomic mass is 19.1. The van der Waals surface area contributed by atoms with Gasteiger partial charge < -0.3 is 10.1 Å². The fourth-order valence-electron chi connectivity index (χ4n) is 5.00. The van der Waals surface area contributed by atoms with Crippen LogP contribution in [0.4, 0.5) is 4.39 Å². The summed E-state index contributed by atoms with van der Waals surface area (Å²) in [5.74, 6) is -0.230. The first-order chi connectivity index (χ1) is 13.0. The molecular formula is C23H28FNO2. The molecule has 0 saturated carbocycles. The molecule has 4 rings (SSSR count). The van der Waals surface area contributed by atoms with Crippen molar-refractivity contribution in [3.8, 4) is 0 Å². The summed E-state index contributed by atoms with van der Waals surface area (Å²) in [6, 6.07) is 6.59. The highest BCUT2D eigenvalue weighted by Gasteiger charge is 2.50. The van der Waals surface area contributed by atoms with Crippen LogP contribution in [-0.2, 0) is 16.0 Å². The van der Waals surface area contributed by atoms with Gasteiger partial charge in [-0.2, -0.15) is 0 Å². The molecule has 1 saturated heterocycles. The molecule has 1 N–H and O–H groups in total. The zero-order valence-corrected chi connectivity index (χ0v) is 16.1. The van der Waals surface area contributed by atoms with Gasteiger partial charge in [-0.25, -0.2) is 4.39 Å². The number of esters is 1. The Kier molecular flexibility index (Phi) is 4.94. The Bertz CT molecular complexity index is 782. The van der Waals surface area contributed by atoms with Crippen molar-refractivity contribution in [1.29, 1.82) is 0 Å². The van der Waals surface area contributed by atoms with Gasteiger partial charge in [0.15, 0.2) is 0 Å². The SMILES string of the molecule is CC1=CCCC2(C)CC3OC(=O)C(CNCCc4ccc(F)cc4)C3C=C12. The maximum absolute atomic E-state index is 13.0. The first-order valence-electron chi connectivity index (χ1n) is 10.0. The van der Waals surface area contributed by atoms with Crippen LogP contribution in [0.1, 0.15) is 38.7 Å². The molecule has 0 spiro atoms. The summed E-state index contributed by atoms with van der Waals surface area (Å²) >= 11 is 0. The second-order valence-corrected chi connectivity index (χ2v) is 8.51. The quantitative estimate of drug-likeness (QED) is 0.625. The molecule has 3 nitrogen and oxygen atoms in total. The van der Waals surface area contributed by atoms with Crippen LogP contribution >= 0.6 is 0 Å².